The molecule has 8 heteroatoms. The summed E-state index contributed by atoms with van der Waals surface area (Å²) in [7, 11) is 0. The van der Waals surface area contributed by atoms with E-state index in [1.807, 2.05) is 0 Å². The molecule has 5 nitrogen and oxygen atoms in total. The summed E-state index contributed by atoms with van der Waals surface area (Å²) in [5.74, 6) is 0.113. The zero-order chi connectivity index (χ0) is 18.4. The molecule has 1 aromatic carbocycles. The largest absolute Gasteiger partial charge is 0.416 e. The fraction of sp³-hybridized carbons (Fsp3) is 0.529. The van der Waals surface area contributed by atoms with Crippen LogP contribution in [0.1, 0.15) is 31.7 Å². The highest BCUT2D eigenvalue weighted by atomic mass is 19.4. The van der Waals surface area contributed by atoms with E-state index in [1.54, 1.807) is 11.8 Å². The van der Waals surface area contributed by atoms with E-state index < -0.39 is 17.8 Å². The van der Waals surface area contributed by atoms with Crippen molar-refractivity contribution in [3.05, 3.63) is 29.8 Å². The minimum absolute atomic E-state index is 0.0365. The van der Waals surface area contributed by atoms with Gasteiger partial charge in [0.25, 0.3) is 0 Å². The Kier molecular flexibility index (Phi) is 6.27. The van der Waals surface area contributed by atoms with E-state index in [-0.39, 0.29) is 17.5 Å². The molecule has 3 amide bonds. The van der Waals surface area contributed by atoms with E-state index in [9.17, 15) is 22.8 Å². The maximum Gasteiger partial charge on any atom is 0.416 e. The fourth-order valence-electron chi connectivity index (χ4n) is 2.78. The van der Waals surface area contributed by atoms with Crippen molar-refractivity contribution in [1.82, 2.24) is 10.2 Å². The molecule has 1 aromatic rings. The van der Waals surface area contributed by atoms with E-state index in [1.165, 1.54) is 12.1 Å². The number of amides is 3. The Balaban J connectivity index is 1.93. The summed E-state index contributed by atoms with van der Waals surface area (Å²) in [4.78, 5) is 25.2. The Hall–Kier alpha value is -2.25. The number of hydrogen-bond donors (Lipinski definition) is 2. The van der Waals surface area contributed by atoms with Gasteiger partial charge in [-0.15, -0.1) is 0 Å². The van der Waals surface area contributed by atoms with Crippen LogP contribution in [0.3, 0.4) is 0 Å². The second-order valence-electron chi connectivity index (χ2n) is 6.12. The van der Waals surface area contributed by atoms with Crippen molar-refractivity contribution >= 4 is 17.6 Å². The van der Waals surface area contributed by atoms with Gasteiger partial charge in [0.2, 0.25) is 5.91 Å². The molecule has 1 aliphatic rings. The predicted octanol–water partition coefficient (Wildman–Crippen LogP) is 3.48. The van der Waals surface area contributed by atoms with Crippen molar-refractivity contribution in [2.24, 2.45) is 5.92 Å². The Morgan fingerprint density at radius 1 is 1.32 bits per heavy atom. The number of anilines is 1. The number of urea groups is 1. The molecule has 1 aliphatic heterocycles. The number of rotatable bonds is 4. The van der Waals surface area contributed by atoms with Gasteiger partial charge in [0, 0.05) is 31.7 Å². The number of carbonyl (C=O) groups excluding carboxylic acids is 2. The number of hydrogen-bond acceptors (Lipinski definition) is 2. The summed E-state index contributed by atoms with van der Waals surface area (Å²) in [5, 5.41) is 5.33. The van der Waals surface area contributed by atoms with Gasteiger partial charge < -0.3 is 15.5 Å². The highest BCUT2D eigenvalue weighted by molar-refractivity contribution is 5.89. The van der Waals surface area contributed by atoms with Gasteiger partial charge in [-0.1, -0.05) is 13.0 Å². The molecule has 0 unspecified atom stereocenters. The topological polar surface area (TPSA) is 61.4 Å². The molecule has 25 heavy (non-hydrogen) atoms. The summed E-state index contributed by atoms with van der Waals surface area (Å²) in [5.41, 5.74) is -0.690. The van der Waals surface area contributed by atoms with Crippen molar-refractivity contribution in [3.8, 4) is 0 Å². The molecule has 0 aromatic heterocycles. The number of nitrogens with one attached hydrogen (secondary N) is 2. The van der Waals surface area contributed by atoms with Crippen LogP contribution in [0.15, 0.2) is 24.3 Å². The standard InChI is InChI=1S/C17H22F3N3O2/c1-2-15(24)21-10-12-5-4-8-23(11-12)16(25)22-14-7-3-6-13(9-14)17(18,19)20/h3,6-7,9,12H,2,4-5,8,10-11H2,1H3,(H,21,24)(H,22,25)/t12-/m0/s1. The van der Waals surface area contributed by atoms with Gasteiger partial charge in [0.1, 0.15) is 0 Å². The van der Waals surface area contributed by atoms with Crippen LogP contribution in [-0.2, 0) is 11.0 Å². The van der Waals surface area contributed by atoms with E-state index in [0.717, 1.165) is 25.0 Å². The van der Waals surface area contributed by atoms with E-state index in [2.05, 4.69) is 10.6 Å². The van der Waals surface area contributed by atoms with E-state index in [0.29, 0.717) is 26.1 Å². The Morgan fingerprint density at radius 3 is 2.76 bits per heavy atom. The molecule has 0 radical (unpaired) electrons. The van der Waals surface area contributed by atoms with E-state index >= 15 is 0 Å². The summed E-state index contributed by atoms with van der Waals surface area (Å²) >= 11 is 0. The van der Waals surface area contributed by atoms with Crippen molar-refractivity contribution in [2.45, 2.75) is 32.4 Å². The second kappa shape index (κ2) is 8.22. The Morgan fingerprint density at radius 2 is 2.08 bits per heavy atom. The lowest BCUT2D eigenvalue weighted by Gasteiger charge is -2.33. The first-order valence-electron chi connectivity index (χ1n) is 8.29. The highest BCUT2D eigenvalue weighted by Gasteiger charge is 2.31. The van der Waals surface area contributed by atoms with Crippen LogP contribution in [0.2, 0.25) is 0 Å². The normalized spacial score (nSPS) is 17.9. The van der Waals surface area contributed by atoms with Crippen LogP contribution in [0.4, 0.5) is 23.7 Å². The van der Waals surface area contributed by atoms with Gasteiger partial charge in [-0.3, -0.25) is 4.79 Å². The maximum atomic E-state index is 12.7. The first kappa shape index (κ1) is 19.1. The molecule has 0 bridgehead atoms. The lowest BCUT2D eigenvalue weighted by molar-refractivity contribution is -0.137. The molecular weight excluding hydrogens is 335 g/mol. The number of nitrogens with zero attached hydrogens (tertiary/aromatic N) is 1. The molecule has 1 saturated heterocycles. The van der Waals surface area contributed by atoms with Gasteiger partial charge in [-0.2, -0.15) is 13.2 Å². The number of carbonyl (C=O) groups is 2. The number of piperidine rings is 1. The van der Waals surface area contributed by atoms with Gasteiger partial charge >= 0.3 is 12.2 Å². The van der Waals surface area contributed by atoms with Crippen LogP contribution >= 0.6 is 0 Å². The summed E-state index contributed by atoms with van der Waals surface area (Å²) in [6.45, 7) is 3.28. The lowest BCUT2D eigenvalue weighted by atomic mass is 9.98. The molecular formula is C17H22F3N3O2. The third-order valence-electron chi connectivity index (χ3n) is 4.16. The predicted molar refractivity (Wildman–Crippen MR) is 88.1 cm³/mol. The maximum absolute atomic E-state index is 12.7. The molecule has 1 atom stereocenters. The molecule has 138 valence electrons. The van der Waals surface area contributed by atoms with Gasteiger partial charge in [0.05, 0.1) is 5.56 Å². The lowest BCUT2D eigenvalue weighted by Crippen LogP contribution is -2.45. The minimum Gasteiger partial charge on any atom is -0.356 e. The van der Waals surface area contributed by atoms with Crippen molar-refractivity contribution in [2.75, 3.05) is 25.0 Å². The SMILES string of the molecule is CCC(=O)NC[C@@H]1CCCN(C(=O)Nc2cccc(C(F)(F)F)c2)C1. The van der Waals surface area contributed by atoms with Crippen molar-refractivity contribution in [3.63, 3.8) is 0 Å². The third-order valence-corrected chi connectivity index (χ3v) is 4.16. The van der Waals surface area contributed by atoms with Gasteiger partial charge in [-0.25, -0.2) is 4.79 Å². The zero-order valence-corrected chi connectivity index (χ0v) is 14.0. The minimum atomic E-state index is -4.45. The molecule has 0 saturated carbocycles. The quantitative estimate of drug-likeness (QED) is 0.867. The molecule has 2 N–H and O–H groups in total. The monoisotopic (exact) mass is 357 g/mol. The number of halogens is 3. The van der Waals surface area contributed by atoms with Crippen LogP contribution in [0, 0.1) is 5.92 Å². The van der Waals surface area contributed by atoms with Crippen LogP contribution < -0.4 is 10.6 Å². The summed E-state index contributed by atoms with van der Waals surface area (Å²) in [6.07, 6.45) is -2.35. The Labute approximate surface area is 144 Å². The van der Waals surface area contributed by atoms with Gasteiger partial charge in [0.15, 0.2) is 0 Å². The third kappa shape index (κ3) is 5.65. The molecule has 1 heterocycles. The fourth-order valence-corrected chi connectivity index (χ4v) is 2.78. The molecule has 0 aliphatic carbocycles. The highest BCUT2D eigenvalue weighted by Crippen LogP contribution is 2.30. The average Bonchev–Trinajstić information content (AvgIpc) is 2.59. The van der Waals surface area contributed by atoms with Gasteiger partial charge in [-0.05, 0) is 37.0 Å². The van der Waals surface area contributed by atoms with Crippen LogP contribution in [-0.4, -0.2) is 36.5 Å². The zero-order valence-electron chi connectivity index (χ0n) is 14.0. The number of benzene rings is 1. The molecule has 2 rings (SSSR count). The number of alkyl halides is 3. The first-order valence-corrected chi connectivity index (χ1v) is 8.29. The van der Waals surface area contributed by atoms with Crippen LogP contribution in [0.5, 0.6) is 0 Å². The average molecular weight is 357 g/mol. The Bertz CT molecular complexity index is 619. The van der Waals surface area contributed by atoms with E-state index in [4.69, 9.17) is 0 Å². The summed E-state index contributed by atoms with van der Waals surface area (Å²) in [6, 6.07) is 4.14. The van der Waals surface area contributed by atoms with Crippen molar-refractivity contribution in [1.29, 1.82) is 0 Å². The first-order chi connectivity index (χ1) is 11.8. The smallest absolute Gasteiger partial charge is 0.356 e. The summed E-state index contributed by atoms with van der Waals surface area (Å²) < 4.78 is 38.2. The van der Waals surface area contributed by atoms with Crippen LogP contribution in [0.25, 0.3) is 0 Å². The molecule has 0 spiro atoms. The molecule has 1 fully saturated rings. The second-order valence-corrected chi connectivity index (χ2v) is 6.12. The number of likely N-dealkylation sites (tertiary alicyclic amines) is 1. The van der Waals surface area contributed by atoms with Crippen molar-refractivity contribution < 1.29 is 22.8 Å².